The lowest BCUT2D eigenvalue weighted by Crippen LogP contribution is -2.39. The molecule has 1 rings (SSSR count). The largest absolute Gasteiger partial charge is 0.480 e. The van der Waals surface area contributed by atoms with E-state index >= 15 is 0 Å². The highest BCUT2D eigenvalue weighted by atomic mass is 35.5. The van der Waals surface area contributed by atoms with Crippen molar-refractivity contribution in [3.63, 3.8) is 0 Å². The molecule has 0 aliphatic carbocycles. The van der Waals surface area contributed by atoms with Crippen LogP contribution in [0.2, 0.25) is 4.34 Å². The molecule has 1 aromatic rings. The van der Waals surface area contributed by atoms with Crippen LogP contribution < -0.4 is 5.32 Å². The first-order valence-corrected chi connectivity index (χ1v) is 6.30. The van der Waals surface area contributed by atoms with Gasteiger partial charge in [-0.3, -0.25) is 4.79 Å². The van der Waals surface area contributed by atoms with E-state index in [0.717, 1.165) is 4.88 Å². The van der Waals surface area contributed by atoms with E-state index in [1.165, 1.54) is 23.5 Å². The monoisotopic (exact) mass is 285 g/mol. The Balaban J connectivity index is 2.57. The molecule has 0 bridgehead atoms. The highest BCUT2D eigenvalue weighted by molar-refractivity contribution is 7.17. The summed E-state index contributed by atoms with van der Waals surface area (Å²) < 4.78 is 0.630. The number of thiophene rings is 1. The summed E-state index contributed by atoms with van der Waals surface area (Å²) in [6.07, 6.45) is 4.49. The molecule has 1 aromatic heterocycles. The zero-order valence-electron chi connectivity index (χ0n) is 9.43. The zero-order valence-corrected chi connectivity index (χ0v) is 11.0. The maximum Gasteiger partial charge on any atom is 0.326 e. The van der Waals surface area contributed by atoms with Gasteiger partial charge in [-0.1, -0.05) is 17.7 Å². The van der Waals surface area contributed by atoms with Crippen molar-refractivity contribution in [2.24, 2.45) is 0 Å². The number of nitrogens with one attached hydrogen (secondary N) is 1. The van der Waals surface area contributed by atoms with Crippen molar-refractivity contribution < 1.29 is 14.7 Å². The Kier molecular flexibility index (Phi) is 5.61. The van der Waals surface area contributed by atoms with Gasteiger partial charge in [0.2, 0.25) is 5.91 Å². The summed E-state index contributed by atoms with van der Waals surface area (Å²) in [5.41, 5.74) is 0. The van der Waals surface area contributed by atoms with Crippen LogP contribution in [0.25, 0.3) is 6.08 Å². The van der Waals surface area contributed by atoms with E-state index in [0.29, 0.717) is 4.34 Å². The van der Waals surface area contributed by atoms with E-state index in [4.69, 9.17) is 16.7 Å². The normalized spacial score (nSPS) is 12.3. The molecule has 0 radical (unpaired) electrons. The van der Waals surface area contributed by atoms with E-state index in [1.807, 2.05) is 0 Å². The summed E-state index contributed by atoms with van der Waals surface area (Å²) in [5, 5.41) is 11.2. The van der Waals surface area contributed by atoms with Crippen LogP contribution in [-0.2, 0) is 9.59 Å². The van der Waals surface area contributed by atoms with Gasteiger partial charge in [-0.15, -0.1) is 17.9 Å². The molecule has 6 heteroatoms. The molecule has 96 valence electrons. The van der Waals surface area contributed by atoms with Gasteiger partial charge >= 0.3 is 5.97 Å². The van der Waals surface area contributed by atoms with Crippen molar-refractivity contribution in [3.05, 3.63) is 40.1 Å². The molecule has 0 aromatic carbocycles. The molecular formula is C12H12ClNO3S. The van der Waals surface area contributed by atoms with Crippen molar-refractivity contribution >= 4 is 40.9 Å². The second-order valence-corrected chi connectivity index (χ2v) is 5.15. The van der Waals surface area contributed by atoms with E-state index in [1.54, 1.807) is 18.2 Å². The number of carboxylic acids is 1. The molecule has 1 heterocycles. The fourth-order valence-electron chi connectivity index (χ4n) is 1.18. The van der Waals surface area contributed by atoms with Crippen molar-refractivity contribution in [1.29, 1.82) is 0 Å². The van der Waals surface area contributed by atoms with Crippen molar-refractivity contribution in [1.82, 2.24) is 5.32 Å². The summed E-state index contributed by atoms with van der Waals surface area (Å²) in [5.74, 6) is -1.55. The standard InChI is InChI=1S/C12H12ClNO3S/c1-2-3-9(12(16)17)14-11(15)7-5-8-4-6-10(13)18-8/h2,4-7,9H,1,3H2,(H,14,15)(H,16,17)/b7-5+. The Hall–Kier alpha value is -1.59. The van der Waals surface area contributed by atoms with Crippen LogP contribution in [0.15, 0.2) is 30.9 Å². The number of hydrogen-bond acceptors (Lipinski definition) is 3. The molecule has 0 saturated heterocycles. The predicted octanol–water partition coefficient (Wildman–Crippen LogP) is 2.56. The van der Waals surface area contributed by atoms with E-state index in [2.05, 4.69) is 11.9 Å². The van der Waals surface area contributed by atoms with Gasteiger partial charge in [0.05, 0.1) is 4.34 Å². The minimum Gasteiger partial charge on any atom is -0.480 e. The number of aliphatic carboxylic acids is 1. The minimum absolute atomic E-state index is 0.180. The second kappa shape index (κ2) is 6.98. The smallest absolute Gasteiger partial charge is 0.326 e. The number of amides is 1. The third-order valence-electron chi connectivity index (χ3n) is 2.01. The summed E-state index contributed by atoms with van der Waals surface area (Å²) in [7, 11) is 0. The van der Waals surface area contributed by atoms with E-state index in [-0.39, 0.29) is 6.42 Å². The summed E-state index contributed by atoms with van der Waals surface area (Å²) in [6.45, 7) is 3.44. The molecule has 0 fully saturated rings. The minimum atomic E-state index is -1.09. The molecule has 0 aliphatic rings. The van der Waals surface area contributed by atoms with Gasteiger partial charge in [-0.2, -0.15) is 0 Å². The quantitative estimate of drug-likeness (QED) is 0.623. The number of halogens is 1. The lowest BCUT2D eigenvalue weighted by molar-refractivity contribution is -0.141. The van der Waals surface area contributed by atoms with Crippen LogP contribution >= 0.6 is 22.9 Å². The molecule has 0 saturated carbocycles. The molecule has 1 unspecified atom stereocenters. The Bertz CT molecular complexity index is 481. The Labute approximate surface area is 114 Å². The highest BCUT2D eigenvalue weighted by Gasteiger charge is 2.16. The van der Waals surface area contributed by atoms with Crippen molar-refractivity contribution in [3.8, 4) is 0 Å². The van der Waals surface area contributed by atoms with Crippen molar-refractivity contribution in [2.75, 3.05) is 0 Å². The van der Waals surface area contributed by atoms with Gasteiger partial charge in [-0.25, -0.2) is 4.79 Å². The van der Waals surface area contributed by atoms with Crippen LogP contribution in [0.3, 0.4) is 0 Å². The SMILES string of the molecule is C=CCC(NC(=O)/C=C/c1ccc(Cl)s1)C(=O)O. The van der Waals surface area contributed by atoms with Crippen molar-refractivity contribution in [2.45, 2.75) is 12.5 Å². The number of carbonyl (C=O) groups is 2. The van der Waals surface area contributed by atoms with E-state index < -0.39 is 17.9 Å². The fraction of sp³-hybridized carbons (Fsp3) is 0.167. The van der Waals surface area contributed by atoms with Crippen LogP contribution in [0.1, 0.15) is 11.3 Å². The zero-order chi connectivity index (χ0) is 13.5. The average molecular weight is 286 g/mol. The molecule has 18 heavy (non-hydrogen) atoms. The average Bonchev–Trinajstić information content (AvgIpc) is 2.72. The molecule has 1 amide bonds. The molecule has 1 atom stereocenters. The fourth-order valence-corrected chi connectivity index (χ4v) is 2.15. The van der Waals surface area contributed by atoms with Gasteiger partial charge in [0, 0.05) is 11.0 Å². The van der Waals surface area contributed by atoms with Gasteiger partial charge in [-0.05, 0) is 24.6 Å². The molecule has 2 N–H and O–H groups in total. The van der Waals surface area contributed by atoms with Gasteiger partial charge in [0.25, 0.3) is 0 Å². The Morgan fingerprint density at radius 2 is 2.28 bits per heavy atom. The number of carboxylic acid groups (broad SMARTS) is 1. The summed E-state index contributed by atoms with van der Waals surface area (Å²) in [4.78, 5) is 23.1. The highest BCUT2D eigenvalue weighted by Crippen LogP contribution is 2.22. The second-order valence-electron chi connectivity index (χ2n) is 3.40. The third kappa shape index (κ3) is 4.73. The summed E-state index contributed by atoms with van der Waals surface area (Å²) in [6, 6.07) is 2.54. The number of hydrogen-bond donors (Lipinski definition) is 2. The topological polar surface area (TPSA) is 66.4 Å². The van der Waals surface area contributed by atoms with Crippen LogP contribution in [0.4, 0.5) is 0 Å². The number of rotatable bonds is 6. The van der Waals surface area contributed by atoms with Crippen LogP contribution in [-0.4, -0.2) is 23.0 Å². The first-order valence-electron chi connectivity index (χ1n) is 5.10. The lowest BCUT2D eigenvalue weighted by Gasteiger charge is -2.10. The third-order valence-corrected chi connectivity index (χ3v) is 3.21. The maximum absolute atomic E-state index is 11.5. The molecule has 4 nitrogen and oxygen atoms in total. The first kappa shape index (κ1) is 14.5. The molecule has 0 aliphatic heterocycles. The lowest BCUT2D eigenvalue weighted by atomic mass is 10.2. The maximum atomic E-state index is 11.5. The molecule has 0 spiro atoms. The van der Waals surface area contributed by atoms with E-state index in [9.17, 15) is 9.59 Å². The first-order chi connectivity index (χ1) is 8.52. The Morgan fingerprint density at radius 3 is 2.78 bits per heavy atom. The molecular weight excluding hydrogens is 274 g/mol. The van der Waals surface area contributed by atoms with Gasteiger partial charge < -0.3 is 10.4 Å². The van der Waals surface area contributed by atoms with Crippen LogP contribution in [0, 0.1) is 0 Å². The predicted molar refractivity (Wildman–Crippen MR) is 72.7 cm³/mol. The number of carbonyl (C=O) groups excluding carboxylic acids is 1. The summed E-state index contributed by atoms with van der Waals surface area (Å²) >= 11 is 7.07. The van der Waals surface area contributed by atoms with Gasteiger partial charge in [0.1, 0.15) is 6.04 Å². The van der Waals surface area contributed by atoms with Crippen LogP contribution in [0.5, 0.6) is 0 Å². The van der Waals surface area contributed by atoms with Gasteiger partial charge in [0.15, 0.2) is 0 Å². The Morgan fingerprint density at radius 1 is 1.56 bits per heavy atom.